The third kappa shape index (κ3) is 4.45. The van der Waals surface area contributed by atoms with Gasteiger partial charge in [0.25, 0.3) is 0 Å². The molecule has 160 valence electrons. The van der Waals surface area contributed by atoms with E-state index in [1.54, 1.807) is 19.2 Å². The van der Waals surface area contributed by atoms with Crippen molar-refractivity contribution in [3.05, 3.63) is 59.4 Å². The van der Waals surface area contributed by atoms with Crippen molar-refractivity contribution in [3.8, 4) is 11.5 Å². The van der Waals surface area contributed by atoms with Gasteiger partial charge in [0.05, 0.1) is 26.7 Å². The van der Waals surface area contributed by atoms with E-state index in [4.69, 9.17) is 14.2 Å². The molecule has 0 N–H and O–H groups in total. The molecule has 4 rings (SSSR count). The molecule has 2 aromatic carbocycles. The van der Waals surface area contributed by atoms with Crippen LogP contribution < -0.4 is 9.47 Å². The zero-order valence-corrected chi connectivity index (χ0v) is 17.8. The van der Waals surface area contributed by atoms with Crippen molar-refractivity contribution in [1.29, 1.82) is 0 Å². The monoisotopic (exact) mass is 412 g/mol. The van der Waals surface area contributed by atoms with Gasteiger partial charge < -0.3 is 14.2 Å². The number of hydrogen-bond acceptors (Lipinski definition) is 4. The summed E-state index contributed by atoms with van der Waals surface area (Å²) in [5, 5.41) is 0. The van der Waals surface area contributed by atoms with Crippen molar-refractivity contribution in [2.45, 2.75) is 38.0 Å². The molecule has 0 bridgehead atoms. The number of rotatable bonds is 9. The molecular weight excluding hydrogens is 383 g/mol. The number of carbonyl (C=O) groups is 1. The standard InChI is InChI=1S/C25H29FO4/c1-15(25(27)29-3)24(16-7-8-16)17-5-4-6-20(11-17)30-14-18-12-21(18)22-13-19(28-2)9-10-23(22)26/h4-6,9-11,13,15-16,18,21,24H,7-8,12,14H2,1-3H3/t15-,18?,21?,24-/m0/s1. The van der Waals surface area contributed by atoms with Crippen LogP contribution in [0.1, 0.15) is 49.1 Å². The lowest BCUT2D eigenvalue weighted by Crippen LogP contribution is -2.22. The van der Waals surface area contributed by atoms with Gasteiger partial charge in [0, 0.05) is 5.92 Å². The Labute approximate surface area is 177 Å². The minimum atomic E-state index is -0.186. The number of hydrogen-bond donors (Lipinski definition) is 0. The van der Waals surface area contributed by atoms with Crippen molar-refractivity contribution in [2.75, 3.05) is 20.8 Å². The predicted molar refractivity (Wildman–Crippen MR) is 112 cm³/mol. The molecule has 0 saturated heterocycles. The highest BCUT2D eigenvalue weighted by Crippen LogP contribution is 2.50. The lowest BCUT2D eigenvalue weighted by molar-refractivity contribution is -0.145. The molecule has 2 aliphatic carbocycles. The van der Waals surface area contributed by atoms with E-state index >= 15 is 0 Å². The van der Waals surface area contributed by atoms with E-state index in [1.165, 1.54) is 13.2 Å². The van der Waals surface area contributed by atoms with Gasteiger partial charge in [-0.05, 0) is 78.5 Å². The highest BCUT2D eigenvalue weighted by molar-refractivity contribution is 5.73. The lowest BCUT2D eigenvalue weighted by Gasteiger charge is -2.23. The van der Waals surface area contributed by atoms with Gasteiger partial charge in [-0.3, -0.25) is 4.79 Å². The highest BCUT2D eigenvalue weighted by Gasteiger charge is 2.41. The summed E-state index contributed by atoms with van der Waals surface area (Å²) >= 11 is 0. The quantitative estimate of drug-likeness (QED) is 0.523. The normalized spacial score (nSPS) is 22.1. The van der Waals surface area contributed by atoms with Crippen LogP contribution in [-0.4, -0.2) is 26.8 Å². The summed E-state index contributed by atoms with van der Waals surface area (Å²) in [4.78, 5) is 12.1. The minimum Gasteiger partial charge on any atom is -0.497 e. The second kappa shape index (κ2) is 8.66. The van der Waals surface area contributed by atoms with Crippen molar-refractivity contribution < 1.29 is 23.4 Å². The Morgan fingerprint density at radius 1 is 1.13 bits per heavy atom. The fourth-order valence-electron chi connectivity index (χ4n) is 4.52. The molecule has 2 aliphatic rings. The summed E-state index contributed by atoms with van der Waals surface area (Å²) < 4.78 is 30.5. The molecule has 0 amide bonds. The van der Waals surface area contributed by atoms with Gasteiger partial charge in [-0.25, -0.2) is 4.39 Å². The van der Waals surface area contributed by atoms with Crippen LogP contribution in [0.5, 0.6) is 11.5 Å². The Morgan fingerprint density at radius 2 is 1.93 bits per heavy atom. The van der Waals surface area contributed by atoms with E-state index in [-0.39, 0.29) is 29.5 Å². The largest absolute Gasteiger partial charge is 0.497 e. The van der Waals surface area contributed by atoms with Crippen LogP contribution >= 0.6 is 0 Å². The van der Waals surface area contributed by atoms with Gasteiger partial charge in [-0.1, -0.05) is 19.1 Å². The van der Waals surface area contributed by atoms with Crippen molar-refractivity contribution in [1.82, 2.24) is 0 Å². The number of esters is 1. The summed E-state index contributed by atoms with van der Waals surface area (Å²) in [6.45, 7) is 2.49. The first-order valence-electron chi connectivity index (χ1n) is 10.7. The Hall–Kier alpha value is -2.56. The first-order chi connectivity index (χ1) is 14.5. The number of ether oxygens (including phenoxy) is 3. The van der Waals surface area contributed by atoms with E-state index < -0.39 is 0 Å². The molecule has 0 radical (unpaired) electrons. The predicted octanol–water partition coefficient (Wildman–Crippen LogP) is 5.32. The molecule has 2 saturated carbocycles. The Morgan fingerprint density at radius 3 is 2.63 bits per heavy atom. The average Bonchev–Trinajstić information content (AvgIpc) is 3.68. The molecule has 0 aromatic heterocycles. The molecule has 0 aliphatic heterocycles. The second-order valence-electron chi connectivity index (χ2n) is 8.55. The maximum Gasteiger partial charge on any atom is 0.309 e. The van der Waals surface area contributed by atoms with Gasteiger partial charge >= 0.3 is 5.97 Å². The summed E-state index contributed by atoms with van der Waals surface area (Å²) in [5.74, 6) is 2.09. The third-order valence-electron chi connectivity index (χ3n) is 6.47. The first-order valence-corrected chi connectivity index (χ1v) is 10.7. The van der Waals surface area contributed by atoms with Crippen LogP contribution in [0.25, 0.3) is 0 Å². The average molecular weight is 413 g/mol. The zero-order chi connectivity index (χ0) is 21.3. The van der Waals surface area contributed by atoms with Gasteiger partial charge in [0.15, 0.2) is 0 Å². The van der Waals surface area contributed by atoms with Gasteiger partial charge in [0.2, 0.25) is 0 Å². The summed E-state index contributed by atoms with van der Waals surface area (Å²) in [5.41, 5.74) is 1.83. The van der Waals surface area contributed by atoms with E-state index in [0.29, 0.717) is 29.8 Å². The van der Waals surface area contributed by atoms with Crippen molar-refractivity contribution in [2.24, 2.45) is 17.8 Å². The molecule has 2 unspecified atom stereocenters. The molecule has 0 heterocycles. The summed E-state index contributed by atoms with van der Waals surface area (Å²) in [6, 6.07) is 12.9. The van der Waals surface area contributed by atoms with Gasteiger partial charge in [0.1, 0.15) is 17.3 Å². The lowest BCUT2D eigenvalue weighted by atomic mass is 9.83. The van der Waals surface area contributed by atoms with Crippen LogP contribution in [0.4, 0.5) is 4.39 Å². The second-order valence-corrected chi connectivity index (χ2v) is 8.55. The number of carbonyl (C=O) groups excluding carboxylic acids is 1. The Bertz CT molecular complexity index is 908. The van der Waals surface area contributed by atoms with E-state index in [9.17, 15) is 9.18 Å². The van der Waals surface area contributed by atoms with E-state index in [0.717, 1.165) is 30.6 Å². The van der Waals surface area contributed by atoms with Crippen LogP contribution in [0.3, 0.4) is 0 Å². The van der Waals surface area contributed by atoms with E-state index in [2.05, 4.69) is 6.07 Å². The molecule has 4 nitrogen and oxygen atoms in total. The molecule has 5 heteroatoms. The molecule has 30 heavy (non-hydrogen) atoms. The Kier molecular flexibility index (Phi) is 5.98. The van der Waals surface area contributed by atoms with Crippen LogP contribution in [0.2, 0.25) is 0 Å². The topological polar surface area (TPSA) is 44.8 Å². The van der Waals surface area contributed by atoms with Crippen LogP contribution in [0, 0.1) is 23.6 Å². The first kappa shape index (κ1) is 20.7. The van der Waals surface area contributed by atoms with Crippen LogP contribution in [0.15, 0.2) is 42.5 Å². The van der Waals surface area contributed by atoms with Crippen LogP contribution in [-0.2, 0) is 9.53 Å². The maximum atomic E-state index is 14.2. The Balaban J connectivity index is 1.40. The fourth-order valence-corrected chi connectivity index (χ4v) is 4.52. The number of halogens is 1. The minimum absolute atomic E-state index is 0.153. The fraction of sp³-hybridized carbons (Fsp3) is 0.480. The van der Waals surface area contributed by atoms with E-state index in [1.807, 2.05) is 25.1 Å². The smallest absolute Gasteiger partial charge is 0.309 e. The molecule has 0 spiro atoms. The maximum absolute atomic E-state index is 14.2. The summed E-state index contributed by atoms with van der Waals surface area (Å²) in [7, 11) is 3.03. The molecule has 2 fully saturated rings. The number of methoxy groups -OCH3 is 2. The van der Waals surface area contributed by atoms with Crippen molar-refractivity contribution >= 4 is 5.97 Å². The van der Waals surface area contributed by atoms with Crippen molar-refractivity contribution in [3.63, 3.8) is 0 Å². The zero-order valence-electron chi connectivity index (χ0n) is 17.8. The molecule has 2 aromatic rings. The molecule has 4 atom stereocenters. The number of benzene rings is 2. The van der Waals surface area contributed by atoms with Gasteiger partial charge in [-0.2, -0.15) is 0 Å². The third-order valence-corrected chi connectivity index (χ3v) is 6.47. The SMILES string of the molecule is COC(=O)[C@@H](C)[C@H](c1cccc(OCC2CC2c2cc(OC)ccc2F)c1)C1CC1. The summed E-state index contributed by atoms with van der Waals surface area (Å²) in [6.07, 6.45) is 3.20. The molecular formula is C25H29FO4. The van der Waals surface area contributed by atoms with Gasteiger partial charge in [-0.15, -0.1) is 0 Å². The highest BCUT2D eigenvalue weighted by atomic mass is 19.1.